The fraction of sp³-hybridized carbons (Fsp3) is 0.138. The fourth-order valence-electron chi connectivity index (χ4n) is 5.04. The molecule has 0 spiro atoms. The number of aliphatic imine (C=N–C) groups is 1. The Morgan fingerprint density at radius 3 is 2.36 bits per heavy atom. The molecule has 2 nitrogen and oxygen atoms in total. The highest BCUT2D eigenvalue weighted by Crippen LogP contribution is 2.52. The van der Waals surface area contributed by atoms with Crippen molar-refractivity contribution >= 4 is 75.1 Å². The molecule has 0 bridgehead atoms. The second kappa shape index (κ2) is 9.96. The maximum absolute atomic E-state index is 6.84. The first-order valence-electron chi connectivity index (χ1n) is 11.6. The fourth-order valence-corrected chi connectivity index (χ4v) is 6.94. The Hall–Kier alpha value is -2.14. The molecule has 0 N–H and O–H groups in total. The first kappa shape index (κ1) is 24.2. The van der Waals surface area contributed by atoms with E-state index in [0.717, 1.165) is 52.5 Å². The van der Waals surface area contributed by atoms with Gasteiger partial charge in [-0.1, -0.05) is 101 Å². The third-order valence-electron chi connectivity index (χ3n) is 6.66. The van der Waals surface area contributed by atoms with E-state index in [1.165, 1.54) is 11.1 Å². The van der Waals surface area contributed by atoms with Gasteiger partial charge in [-0.15, -0.1) is 0 Å². The lowest BCUT2D eigenvalue weighted by molar-refractivity contribution is 0.458. The van der Waals surface area contributed by atoms with E-state index >= 15 is 0 Å². The first-order valence-corrected chi connectivity index (χ1v) is 14.0. The summed E-state index contributed by atoms with van der Waals surface area (Å²) < 4.78 is 0. The molecule has 3 aromatic rings. The zero-order valence-corrected chi connectivity index (χ0v) is 22.9. The van der Waals surface area contributed by atoms with E-state index in [-0.39, 0.29) is 6.04 Å². The topological polar surface area (TPSA) is 15.6 Å². The summed E-state index contributed by atoms with van der Waals surface area (Å²) in [4.78, 5) is 7.54. The predicted octanol–water partition coefficient (Wildman–Crippen LogP) is 10.3. The molecule has 2 aliphatic heterocycles. The van der Waals surface area contributed by atoms with Crippen LogP contribution in [0.4, 0.5) is 0 Å². The van der Waals surface area contributed by atoms with Gasteiger partial charge in [-0.05, 0) is 77.4 Å². The van der Waals surface area contributed by atoms with E-state index in [2.05, 4.69) is 40.6 Å². The summed E-state index contributed by atoms with van der Waals surface area (Å²) >= 11 is 27.4. The van der Waals surface area contributed by atoms with Gasteiger partial charge in [0.1, 0.15) is 0 Å². The summed E-state index contributed by atoms with van der Waals surface area (Å²) in [7, 11) is 0. The predicted molar refractivity (Wildman–Crippen MR) is 156 cm³/mol. The van der Waals surface area contributed by atoms with Crippen LogP contribution in [0.5, 0.6) is 0 Å². The highest BCUT2D eigenvalue weighted by molar-refractivity contribution is 8.16. The van der Waals surface area contributed by atoms with Crippen LogP contribution < -0.4 is 0 Å². The van der Waals surface area contributed by atoms with Crippen molar-refractivity contribution in [3.63, 3.8) is 0 Å². The van der Waals surface area contributed by atoms with Gasteiger partial charge in [-0.2, -0.15) is 0 Å². The highest BCUT2D eigenvalue weighted by atomic mass is 35.5. The molecule has 1 aliphatic carbocycles. The monoisotopic (exact) mass is 568 g/mol. The van der Waals surface area contributed by atoms with Crippen LogP contribution in [0.1, 0.15) is 42.0 Å². The normalized spacial score (nSPS) is 20.3. The van der Waals surface area contributed by atoms with Gasteiger partial charge in [0.15, 0.2) is 5.17 Å². The maximum atomic E-state index is 6.84. The van der Waals surface area contributed by atoms with E-state index in [1.54, 1.807) is 17.8 Å². The SMILES string of the molecule is Clc1ccc(/C=C2\CCCC3=C2N=C2SC=C(c4ccccc4)N2[C@H]3c2ccc(Cl)cc2Cl)c(Cl)c1. The minimum Gasteiger partial charge on any atom is -0.308 e. The Kier molecular flexibility index (Phi) is 6.70. The highest BCUT2D eigenvalue weighted by Gasteiger charge is 2.40. The number of hydrogen-bond donors (Lipinski definition) is 0. The number of nitrogens with zero attached hydrogens (tertiary/aromatic N) is 2. The smallest absolute Gasteiger partial charge is 0.174 e. The molecule has 1 atom stereocenters. The molecule has 7 heteroatoms. The molecule has 0 saturated heterocycles. The van der Waals surface area contributed by atoms with Crippen LogP contribution in [0.3, 0.4) is 0 Å². The molecule has 0 fully saturated rings. The van der Waals surface area contributed by atoms with E-state index in [0.29, 0.717) is 20.1 Å². The molecule has 0 amide bonds. The molecule has 6 rings (SSSR count). The van der Waals surface area contributed by atoms with E-state index in [1.807, 2.05) is 36.4 Å². The summed E-state index contributed by atoms with van der Waals surface area (Å²) in [5.74, 6) is 0. The van der Waals surface area contributed by atoms with Crippen LogP contribution in [-0.2, 0) is 0 Å². The van der Waals surface area contributed by atoms with Crippen molar-refractivity contribution in [2.45, 2.75) is 25.3 Å². The lowest BCUT2D eigenvalue weighted by atomic mass is 9.82. The van der Waals surface area contributed by atoms with Crippen molar-refractivity contribution in [3.05, 3.63) is 126 Å². The van der Waals surface area contributed by atoms with Gasteiger partial charge in [0.2, 0.25) is 0 Å². The molecule has 2 heterocycles. The van der Waals surface area contributed by atoms with Crippen LogP contribution in [-0.4, -0.2) is 10.1 Å². The minimum absolute atomic E-state index is 0.0805. The van der Waals surface area contributed by atoms with E-state index < -0.39 is 0 Å². The average molecular weight is 570 g/mol. The summed E-state index contributed by atoms with van der Waals surface area (Å²) in [6.07, 6.45) is 5.04. The maximum Gasteiger partial charge on any atom is 0.174 e. The zero-order valence-electron chi connectivity index (χ0n) is 19.0. The number of thioether (sulfide) groups is 1. The van der Waals surface area contributed by atoms with Gasteiger partial charge in [0.25, 0.3) is 0 Å². The molecule has 0 unspecified atom stereocenters. The Morgan fingerprint density at radius 2 is 1.61 bits per heavy atom. The number of halogens is 4. The lowest BCUT2D eigenvalue weighted by Crippen LogP contribution is -2.35. The van der Waals surface area contributed by atoms with Gasteiger partial charge >= 0.3 is 0 Å². The van der Waals surface area contributed by atoms with Crippen molar-refractivity contribution in [1.29, 1.82) is 0 Å². The number of hydrogen-bond acceptors (Lipinski definition) is 3. The standard InChI is InChI=1S/C29H20Cl4N2S/c30-20-10-9-18(24(32)14-20)13-19-7-4-8-23-27(19)34-29-35(26(16-36-29)17-5-2-1-3-6-17)28(23)22-12-11-21(31)15-25(22)33/h1-3,5-6,9-16,28H,4,7-8H2/b19-13+/t28-/m0/s1. The number of allylic oxidation sites excluding steroid dienone is 1. The molecule has 0 aromatic heterocycles. The van der Waals surface area contributed by atoms with Crippen molar-refractivity contribution in [2.75, 3.05) is 0 Å². The molecular weight excluding hydrogens is 550 g/mol. The quantitative estimate of drug-likeness (QED) is 0.311. The van der Waals surface area contributed by atoms with Crippen LogP contribution in [0.25, 0.3) is 11.8 Å². The van der Waals surface area contributed by atoms with Crippen molar-refractivity contribution in [2.24, 2.45) is 4.99 Å². The van der Waals surface area contributed by atoms with Crippen LogP contribution in [0.2, 0.25) is 20.1 Å². The van der Waals surface area contributed by atoms with Crippen LogP contribution in [0.15, 0.2) is 94.0 Å². The number of rotatable bonds is 3. The molecule has 0 saturated carbocycles. The van der Waals surface area contributed by atoms with Crippen molar-refractivity contribution in [1.82, 2.24) is 4.90 Å². The van der Waals surface area contributed by atoms with Crippen molar-refractivity contribution < 1.29 is 0 Å². The Bertz CT molecular complexity index is 1490. The molecule has 180 valence electrons. The second-order valence-corrected chi connectivity index (χ2v) is 11.4. The van der Waals surface area contributed by atoms with Gasteiger partial charge in [-0.3, -0.25) is 0 Å². The summed E-state index contributed by atoms with van der Waals surface area (Å²) in [5, 5.41) is 5.66. The van der Waals surface area contributed by atoms with Crippen LogP contribution in [0, 0.1) is 0 Å². The van der Waals surface area contributed by atoms with E-state index in [4.69, 9.17) is 51.4 Å². The van der Waals surface area contributed by atoms with Gasteiger partial charge in [0, 0.05) is 25.5 Å². The van der Waals surface area contributed by atoms with E-state index in [9.17, 15) is 0 Å². The number of benzene rings is 3. The van der Waals surface area contributed by atoms with Crippen LogP contribution >= 0.6 is 58.2 Å². The van der Waals surface area contributed by atoms with Gasteiger partial charge in [0.05, 0.1) is 17.4 Å². The lowest BCUT2D eigenvalue weighted by Gasteiger charge is -2.40. The number of amidine groups is 1. The van der Waals surface area contributed by atoms with Gasteiger partial charge < -0.3 is 4.90 Å². The second-order valence-electron chi connectivity index (χ2n) is 8.88. The first-order chi connectivity index (χ1) is 17.5. The molecule has 36 heavy (non-hydrogen) atoms. The molecular formula is C29H20Cl4N2S. The summed E-state index contributed by atoms with van der Waals surface area (Å²) in [6.45, 7) is 0. The average Bonchev–Trinajstić information content (AvgIpc) is 3.29. The number of fused-ring (bicyclic) bond motifs is 1. The molecule has 0 radical (unpaired) electrons. The van der Waals surface area contributed by atoms with Gasteiger partial charge in [-0.25, -0.2) is 4.99 Å². The molecule has 3 aromatic carbocycles. The summed E-state index contributed by atoms with van der Waals surface area (Å²) in [5.41, 5.74) is 7.70. The third kappa shape index (κ3) is 4.42. The summed E-state index contributed by atoms with van der Waals surface area (Å²) in [6, 6.07) is 21.7. The Morgan fingerprint density at radius 1 is 0.861 bits per heavy atom. The minimum atomic E-state index is -0.0805. The van der Waals surface area contributed by atoms with Crippen molar-refractivity contribution in [3.8, 4) is 0 Å². The zero-order chi connectivity index (χ0) is 24.8. The molecule has 3 aliphatic rings. The Labute approximate surface area is 234 Å². The largest absolute Gasteiger partial charge is 0.308 e. The Balaban J connectivity index is 1.52. The third-order valence-corrected chi connectivity index (χ3v) is 8.62.